The van der Waals surface area contributed by atoms with Crippen molar-refractivity contribution in [2.24, 2.45) is 0 Å². The first-order chi connectivity index (χ1) is 14.7. The monoisotopic (exact) mass is 404 g/mol. The van der Waals surface area contributed by atoms with E-state index in [1.54, 1.807) is 12.5 Å². The maximum absolute atomic E-state index is 13.0. The van der Waals surface area contributed by atoms with Crippen LogP contribution in [0, 0.1) is 6.92 Å². The third-order valence-electron chi connectivity index (χ3n) is 5.52. The molecule has 1 fully saturated rings. The van der Waals surface area contributed by atoms with Crippen molar-refractivity contribution in [2.45, 2.75) is 13.5 Å². The van der Waals surface area contributed by atoms with Crippen LogP contribution in [0.2, 0.25) is 0 Å². The zero-order valence-electron chi connectivity index (χ0n) is 17.4. The van der Waals surface area contributed by atoms with E-state index in [2.05, 4.69) is 22.9 Å². The van der Waals surface area contributed by atoms with Gasteiger partial charge in [0.2, 0.25) is 0 Å². The first-order valence-electron chi connectivity index (χ1n) is 10.4. The molecule has 2 heterocycles. The van der Waals surface area contributed by atoms with Crippen molar-refractivity contribution < 1.29 is 9.53 Å². The third-order valence-corrected chi connectivity index (χ3v) is 5.52. The summed E-state index contributed by atoms with van der Waals surface area (Å²) < 4.78 is 7.91. The molecular weight excluding hydrogens is 376 g/mol. The number of carbonyl (C=O) groups is 1. The Morgan fingerprint density at radius 1 is 1.07 bits per heavy atom. The molecule has 0 N–H and O–H groups in total. The predicted octanol–water partition coefficient (Wildman–Crippen LogP) is 3.08. The summed E-state index contributed by atoms with van der Waals surface area (Å²) in [6.45, 7) is 7.55. The van der Waals surface area contributed by atoms with Crippen molar-refractivity contribution in [3.8, 4) is 5.75 Å². The highest BCUT2D eigenvalue weighted by Gasteiger charge is 2.22. The standard InChI is InChI=1S/C24H28N4O2/c1-20-5-2-3-8-23(20)30-16-15-26-11-13-28(14-12-26)24(29)22-7-4-6-21(17-22)18-27-10-9-25-19-27/h2-10,17,19H,11-16,18H2,1H3. The Hall–Kier alpha value is -3.12. The lowest BCUT2D eigenvalue weighted by Gasteiger charge is -2.34. The lowest BCUT2D eigenvalue weighted by Crippen LogP contribution is -2.49. The number of aryl methyl sites for hydroxylation is 1. The van der Waals surface area contributed by atoms with Crippen LogP contribution in [0.3, 0.4) is 0 Å². The third kappa shape index (κ3) is 5.07. The van der Waals surface area contributed by atoms with E-state index in [1.165, 1.54) is 0 Å². The second-order valence-corrected chi connectivity index (χ2v) is 7.68. The molecule has 0 bridgehead atoms. The van der Waals surface area contributed by atoms with Gasteiger partial charge < -0.3 is 14.2 Å². The molecule has 6 nitrogen and oxygen atoms in total. The van der Waals surface area contributed by atoms with Gasteiger partial charge in [-0.2, -0.15) is 0 Å². The smallest absolute Gasteiger partial charge is 0.253 e. The molecule has 156 valence electrons. The first kappa shape index (κ1) is 20.2. The van der Waals surface area contributed by atoms with E-state index in [1.807, 2.05) is 58.1 Å². The van der Waals surface area contributed by atoms with Crippen molar-refractivity contribution in [3.63, 3.8) is 0 Å². The number of amides is 1. The van der Waals surface area contributed by atoms with Gasteiger partial charge in [-0.3, -0.25) is 9.69 Å². The van der Waals surface area contributed by atoms with E-state index in [0.717, 1.165) is 61.7 Å². The Morgan fingerprint density at radius 2 is 1.90 bits per heavy atom. The molecule has 1 aliphatic rings. The van der Waals surface area contributed by atoms with Crippen molar-refractivity contribution in [1.82, 2.24) is 19.4 Å². The minimum atomic E-state index is 0.110. The number of hydrogen-bond donors (Lipinski definition) is 0. The van der Waals surface area contributed by atoms with Crippen molar-refractivity contribution in [2.75, 3.05) is 39.3 Å². The molecule has 30 heavy (non-hydrogen) atoms. The van der Waals surface area contributed by atoms with Crippen LogP contribution in [0.5, 0.6) is 5.75 Å². The van der Waals surface area contributed by atoms with Gasteiger partial charge in [0, 0.05) is 57.2 Å². The Kier molecular flexibility index (Phi) is 6.44. The Bertz CT molecular complexity index is 963. The number of imidazole rings is 1. The van der Waals surface area contributed by atoms with Crippen LogP contribution in [-0.4, -0.2) is 64.6 Å². The summed E-state index contributed by atoms with van der Waals surface area (Å²) in [4.78, 5) is 21.3. The van der Waals surface area contributed by atoms with Crippen LogP contribution in [0.1, 0.15) is 21.5 Å². The number of rotatable bonds is 7. The Labute approximate surface area is 177 Å². The first-order valence-corrected chi connectivity index (χ1v) is 10.4. The zero-order valence-corrected chi connectivity index (χ0v) is 17.4. The van der Waals surface area contributed by atoms with E-state index in [4.69, 9.17) is 4.74 Å². The van der Waals surface area contributed by atoms with Crippen molar-refractivity contribution in [3.05, 3.63) is 83.9 Å². The molecule has 4 rings (SSSR count). The van der Waals surface area contributed by atoms with E-state index < -0.39 is 0 Å². The van der Waals surface area contributed by atoms with Crippen LogP contribution >= 0.6 is 0 Å². The van der Waals surface area contributed by atoms with Gasteiger partial charge in [-0.25, -0.2) is 4.98 Å². The van der Waals surface area contributed by atoms with Gasteiger partial charge >= 0.3 is 0 Å². The molecule has 6 heteroatoms. The summed E-state index contributed by atoms with van der Waals surface area (Å²) in [7, 11) is 0. The highest BCUT2D eigenvalue weighted by Crippen LogP contribution is 2.16. The van der Waals surface area contributed by atoms with E-state index in [0.29, 0.717) is 6.61 Å². The second-order valence-electron chi connectivity index (χ2n) is 7.68. The van der Waals surface area contributed by atoms with Crippen molar-refractivity contribution in [1.29, 1.82) is 0 Å². The van der Waals surface area contributed by atoms with E-state index in [9.17, 15) is 4.79 Å². The highest BCUT2D eigenvalue weighted by molar-refractivity contribution is 5.94. The summed E-state index contributed by atoms with van der Waals surface area (Å²) in [6.07, 6.45) is 5.48. The molecule has 0 saturated carbocycles. The van der Waals surface area contributed by atoms with Crippen LogP contribution in [0.25, 0.3) is 0 Å². The molecule has 0 aliphatic carbocycles. The molecule has 0 unspecified atom stereocenters. The minimum absolute atomic E-state index is 0.110. The summed E-state index contributed by atoms with van der Waals surface area (Å²) in [5, 5.41) is 0. The van der Waals surface area contributed by atoms with Gasteiger partial charge in [-0.05, 0) is 36.2 Å². The molecule has 0 radical (unpaired) electrons. The minimum Gasteiger partial charge on any atom is -0.492 e. The lowest BCUT2D eigenvalue weighted by atomic mass is 10.1. The lowest BCUT2D eigenvalue weighted by molar-refractivity contribution is 0.0620. The molecule has 1 saturated heterocycles. The summed E-state index contributed by atoms with van der Waals surface area (Å²) in [5.74, 6) is 1.06. The molecule has 1 amide bonds. The number of nitrogens with zero attached hydrogens (tertiary/aromatic N) is 4. The quantitative estimate of drug-likeness (QED) is 0.607. The number of ether oxygens (including phenoxy) is 1. The maximum atomic E-state index is 13.0. The summed E-state index contributed by atoms with van der Waals surface area (Å²) in [6, 6.07) is 16.0. The molecular formula is C24H28N4O2. The molecule has 1 aromatic heterocycles. The highest BCUT2D eigenvalue weighted by atomic mass is 16.5. The van der Waals surface area contributed by atoms with E-state index >= 15 is 0 Å². The van der Waals surface area contributed by atoms with Crippen LogP contribution in [0.4, 0.5) is 0 Å². The second kappa shape index (κ2) is 9.59. The molecule has 0 spiro atoms. The number of piperazine rings is 1. The van der Waals surface area contributed by atoms with Crippen LogP contribution in [-0.2, 0) is 6.54 Å². The average molecular weight is 405 g/mol. The van der Waals surface area contributed by atoms with Crippen LogP contribution < -0.4 is 4.74 Å². The normalized spacial score (nSPS) is 14.6. The van der Waals surface area contributed by atoms with Crippen LogP contribution in [0.15, 0.2) is 67.3 Å². The van der Waals surface area contributed by atoms with Gasteiger partial charge in [-0.15, -0.1) is 0 Å². The van der Waals surface area contributed by atoms with Gasteiger partial charge in [0.05, 0.1) is 6.33 Å². The largest absolute Gasteiger partial charge is 0.492 e. The fourth-order valence-corrected chi connectivity index (χ4v) is 3.75. The van der Waals surface area contributed by atoms with Gasteiger partial charge in [0.25, 0.3) is 5.91 Å². The Morgan fingerprint density at radius 3 is 2.67 bits per heavy atom. The summed E-state index contributed by atoms with van der Waals surface area (Å²) in [5.41, 5.74) is 3.01. The molecule has 1 aliphatic heterocycles. The SMILES string of the molecule is Cc1ccccc1OCCN1CCN(C(=O)c2cccc(Cn3ccnc3)c2)CC1. The molecule has 0 atom stereocenters. The van der Waals surface area contributed by atoms with Crippen molar-refractivity contribution >= 4 is 5.91 Å². The van der Waals surface area contributed by atoms with Gasteiger partial charge in [-0.1, -0.05) is 30.3 Å². The van der Waals surface area contributed by atoms with E-state index in [-0.39, 0.29) is 5.91 Å². The number of carbonyl (C=O) groups excluding carboxylic acids is 1. The van der Waals surface area contributed by atoms with Gasteiger partial charge in [0.1, 0.15) is 12.4 Å². The molecule has 2 aromatic carbocycles. The molecule has 3 aromatic rings. The average Bonchev–Trinajstić information content (AvgIpc) is 3.28. The fraction of sp³-hybridized carbons (Fsp3) is 0.333. The van der Waals surface area contributed by atoms with Gasteiger partial charge in [0.15, 0.2) is 0 Å². The fourth-order valence-electron chi connectivity index (χ4n) is 3.75. The topological polar surface area (TPSA) is 50.6 Å². The summed E-state index contributed by atoms with van der Waals surface area (Å²) >= 11 is 0. The Balaban J connectivity index is 1.25. The zero-order chi connectivity index (χ0) is 20.8. The maximum Gasteiger partial charge on any atom is 0.253 e. The predicted molar refractivity (Wildman–Crippen MR) is 117 cm³/mol. The number of hydrogen-bond acceptors (Lipinski definition) is 4. The number of aromatic nitrogens is 2. The number of para-hydroxylation sites is 1. The number of benzene rings is 2.